The summed E-state index contributed by atoms with van der Waals surface area (Å²) in [7, 11) is 1.89. The summed E-state index contributed by atoms with van der Waals surface area (Å²) in [6.45, 7) is 2.13. The van der Waals surface area contributed by atoms with Gasteiger partial charge in [-0.15, -0.1) is 0 Å². The molecule has 3 heteroatoms. The third-order valence-electron chi connectivity index (χ3n) is 3.45. The quantitative estimate of drug-likeness (QED) is 0.699. The van der Waals surface area contributed by atoms with E-state index in [1.54, 1.807) is 0 Å². The van der Waals surface area contributed by atoms with Gasteiger partial charge in [0.25, 0.3) is 0 Å². The van der Waals surface area contributed by atoms with E-state index in [2.05, 4.69) is 6.92 Å². The number of carbonyl (C=O) groups excluding carboxylic acids is 1. The smallest absolute Gasteiger partial charge is 0.242 e. The highest BCUT2D eigenvalue weighted by atomic mass is 16.2. The minimum Gasteiger partial charge on any atom is -0.341 e. The highest BCUT2D eigenvalue weighted by Gasteiger charge is 2.49. The second-order valence-corrected chi connectivity index (χ2v) is 4.65. The zero-order chi connectivity index (χ0) is 9.64. The van der Waals surface area contributed by atoms with Crippen LogP contribution in [-0.4, -0.2) is 29.4 Å². The molecule has 0 heterocycles. The lowest BCUT2D eigenvalue weighted by atomic mass is 10.1. The third kappa shape index (κ3) is 1.57. The number of hydrogen-bond donors (Lipinski definition) is 1. The van der Waals surface area contributed by atoms with Crippen LogP contribution < -0.4 is 5.73 Å². The van der Waals surface area contributed by atoms with E-state index in [0.717, 1.165) is 18.8 Å². The SMILES string of the molecule is CC(C1CC1)N(C)C(=O)C1(N)CC1. The summed E-state index contributed by atoms with van der Waals surface area (Å²) in [6, 6.07) is 0.383. The van der Waals surface area contributed by atoms with Crippen molar-refractivity contribution in [3.8, 4) is 0 Å². The van der Waals surface area contributed by atoms with Crippen molar-refractivity contribution in [2.24, 2.45) is 11.7 Å². The largest absolute Gasteiger partial charge is 0.341 e. The summed E-state index contributed by atoms with van der Waals surface area (Å²) in [4.78, 5) is 13.7. The molecule has 1 amide bonds. The van der Waals surface area contributed by atoms with Gasteiger partial charge in [-0.2, -0.15) is 0 Å². The van der Waals surface area contributed by atoms with Crippen LogP contribution in [-0.2, 0) is 4.79 Å². The Morgan fingerprint density at radius 2 is 2.08 bits per heavy atom. The van der Waals surface area contributed by atoms with Crippen molar-refractivity contribution in [2.45, 2.75) is 44.2 Å². The first kappa shape index (κ1) is 9.00. The van der Waals surface area contributed by atoms with E-state index in [1.165, 1.54) is 12.8 Å². The second-order valence-electron chi connectivity index (χ2n) is 4.65. The average molecular weight is 182 g/mol. The number of likely N-dealkylation sites (N-methyl/N-ethyl adjacent to an activating group) is 1. The van der Waals surface area contributed by atoms with Crippen LogP contribution in [0.4, 0.5) is 0 Å². The third-order valence-corrected chi connectivity index (χ3v) is 3.45. The molecule has 1 atom stereocenters. The first-order chi connectivity index (χ1) is 6.04. The summed E-state index contributed by atoms with van der Waals surface area (Å²) in [5.74, 6) is 0.878. The number of hydrogen-bond acceptors (Lipinski definition) is 2. The van der Waals surface area contributed by atoms with E-state index in [1.807, 2.05) is 11.9 Å². The Hall–Kier alpha value is -0.570. The Morgan fingerprint density at radius 1 is 1.54 bits per heavy atom. The zero-order valence-corrected chi connectivity index (χ0v) is 8.42. The van der Waals surface area contributed by atoms with Gasteiger partial charge in [0.2, 0.25) is 5.91 Å². The fourth-order valence-electron chi connectivity index (χ4n) is 1.78. The summed E-state index contributed by atoms with van der Waals surface area (Å²) >= 11 is 0. The van der Waals surface area contributed by atoms with Gasteiger partial charge < -0.3 is 10.6 Å². The van der Waals surface area contributed by atoms with Crippen molar-refractivity contribution < 1.29 is 4.79 Å². The predicted octanol–water partition coefficient (Wildman–Crippen LogP) is 0.735. The van der Waals surface area contributed by atoms with E-state index in [0.29, 0.717) is 6.04 Å². The zero-order valence-electron chi connectivity index (χ0n) is 8.42. The van der Waals surface area contributed by atoms with Crippen LogP contribution in [0.3, 0.4) is 0 Å². The average Bonchev–Trinajstić information content (AvgIpc) is 2.93. The van der Waals surface area contributed by atoms with Crippen LogP contribution in [0.1, 0.15) is 32.6 Å². The molecule has 0 spiro atoms. The molecule has 3 nitrogen and oxygen atoms in total. The van der Waals surface area contributed by atoms with E-state index in [9.17, 15) is 4.79 Å². The molecule has 0 aromatic heterocycles. The molecule has 2 N–H and O–H groups in total. The van der Waals surface area contributed by atoms with E-state index >= 15 is 0 Å². The minimum atomic E-state index is -0.488. The highest BCUT2D eigenvalue weighted by Crippen LogP contribution is 2.38. The summed E-state index contributed by atoms with van der Waals surface area (Å²) < 4.78 is 0. The molecule has 2 fully saturated rings. The first-order valence-electron chi connectivity index (χ1n) is 5.11. The maximum atomic E-state index is 11.8. The molecule has 2 saturated carbocycles. The molecule has 74 valence electrons. The van der Waals surface area contributed by atoms with Gasteiger partial charge in [-0.1, -0.05) is 0 Å². The lowest BCUT2D eigenvalue weighted by Gasteiger charge is -2.27. The topological polar surface area (TPSA) is 46.3 Å². The maximum absolute atomic E-state index is 11.8. The fraction of sp³-hybridized carbons (Fsp3) is 0.900. The van der Waals surface area contributed by atoms with Crippen molar-refractivity contribution in [3.63, 3.8) is 0 Å². The van der Waals surface area contributed by atoms with Crippen molar-refractivity contribution in [3.05, 3.63) is 0 Å². The van der Waals surface area contributed by atoms with Gasteiger partial charge in [0, 0.05) is 13.1 Å². The molecule has 0 saturated heterocycles. The Morgan fingerprint density at radius 3 is 2.46 bits per heavy atom. The van der Waals surface area contributed by atoms with Gasteiger partial charge in [-0.25, -0.2) is 0 Å². The fourth-order valence-corrected chi connectivity index (χ4v) is 1.78. The second kappa shape index (κ2) is 2.71. The van der Waals surface area contributed by atoms with Gasteiger partial charge in [0.1, 0.15) is 0 Å². The number of nitrogens with two attached hydrogens (primary N) is 1. The van der Waals surface area contributed by atoms with Crippen molar-refractivity contribution in [1.29, 1.82) is 0 Å². The predicted molar refractivity (Wildman–Crippen MR) is 51.1 cm³/mol. The maximum Gasteiger partial charge on any atom is 0.242 e. The Bertz CT molecular complexity index is 231. The lowest BCUT2D eigenvalue weighted by molar-refractivity contribution is -0.134. The van der Waals surface area contributed by atoms with Gasteiger partial charge in [-0.05, 0) is 38.5 Å². The molecule has 1 unspecified atom stereocenters. The highest BCUT2D eigenvalue weighted by molar-refractivity contribution is 5.89. The molecule has 0 aromatic carbocycles. The van der Waals surface area contributed by atoms with Crippen LogP contribution >= 0.6 is 0 Å². The van der Waals surface area contributed by atoms with Crippen LogP contribution in [0.25, 0.3) is 0 Å². The monoisotopic (exact) mass is 182 g/mol. The van der Waals surface area contributed by atoms with Crippen LogP contribution in [0.15, 0.2) is 0 Å². The van der Waals surface area contributed by atoms with Gasteiger partial charge in [-0.3, -0.25) is 4.79 Å². The Balaban J connectivity index is 1.95. The number of nitrogens with zero attached hydrogens (tertiary/aromatic N) is 1. The van der Waals surface area contributed by atoms with Gasteiger partial charge in [0.05, 0.1) is 5.54 Å². The van der Waals surface area contributed by atoms with Crippen LogP contribution in [0.5, 0.6) is 0 Å². The molecule has 0 aliphatic heterocycles. The van der Waals surface area contributed by atoms with Crippen molar-refractivity contribution >= 4 is 5.91 Å². The summed E-state index contributed by atoms with van der Waals surface area (Å²) in [6.07, 6.45) is 4.29. The normalized spacial score (nSPS) is 26.7. The molecule has 2 aliphatic carbocycles. The molecular weight excluding hydrogens is 164 g/mol. The molecule has 0 aromatic rings. The first-order valence-corrected chi connectivity index (χ1v) is 5.11. The number of rotatable bonds is 3. The summed E-state index contributed by atoms with van der Waals surface area (Å²) in [5.41, 5.74) is 5.37. The number of carbonyl (C=O) groups is 1. The molecule has 13 heavy (non-hydrogen) atoms. The lowest BCUT2D eigenvalue weighted by Crippen LogP contribution is -2.47. The molecule has 0 radical (unpaired) electrons. The molecule has 2 aliphatic rings. The molecule has 2 rings (SSSR count). The number of amides is 1. The van der Waals surface area contributed by atoms with Crippen molar-refractivity contribution in [1.82, 2.24) is 4.90 Å². The van der Waals surface area contributed by atoms with E-state index in [4.69, 9.17) is 5.73 Å². The van der Waals surface area contributed by atoms with E-state index in [-0.39, 0.29) is 5.91 Å². The van der Waals surface area contributed by atoms with Gasteiger partial charge >= 0.3 is 0 Å². The van der Waals surface area contributed by atoms with E-state index < -0.39 is 5.54 Å². The van der Waals surface area contributed by atoms with Crippen LogP contribution in [0.2, 0.25) is 0 Å². The minimum absolute atomic E-state index is 0.145. The van der Waals surface area contributed by atoms with Crippen LogP contribution in [0, 0.1) is 5.92 Å². The Kier molecular flexibility index (Phi) is 1.88. The Labute approximate surface area is 79.3 Å². The standard InChI is InChI=1S/C10H18N2O/c1-7(8-3-4-8)12(2)9(13)10(11)5-6-10/h7-8H,3-6,11H2,1-2H3. The molecule has 0 bridgehead atoms. The molecular formula is C10H18N2O. The van der Waals surface area contributed by atoms with Gasteiger partial charge in [0.15, 0.2) is 0 Å². The summed E-state index contributed by atoms with van der Waals surface area (Å²) in [5, 5.41) is 0. The van der Waals surface area contributed by atoms with Crippen molar-refractivity contribution in [2.75, 3.05) is 7.05 Å².